The fraction of sp³-hybridized carbons (Fsp3) is 0.462. The molecule has 18 heavy (non-hydrogen) atoms. The normalized spacial score (nSPS) is 27.1. The minimum atomic E-state index is -0.842. The van der Waals surface area contributed by atoms with Crippen molar-refractivity contribution in [1.29, 1.82) is 0 Å². The highest BCUT2D eigenvalue weighted by molar-refractivity contribution is 5.75. The molecule has 3 N–H and O–H groups in total. The number of benzene rings is 1. The van der Waals surface area contributed by atoms with Gasteiger partial charge in [-0.15, -0.1) is 0 Å². The SMILES string of the molecule is CCOc1ccc(C2C(C)NNC2C(=O)O)cc1. The van der Waals surface area contributed by atoms with Gasteiger partial charge in [0.05, 0.1) is 6.61 Å². The third-order valence-electron chi connectivity index (χ3n) is 3.21. The zero-order chi connectivity index (χ0) is 13.1. The van der Waals surface area contributed by atoms with Crippen LogP contribution in [0.1, 0.15) is 25.3 Å². The van der Waals surface area contributed by atoms with E-state index in [0.717, 1.165) is 11.3 Å². The molecular formula is C13H18N2O3. The van der Waals surface area contributed by atoms with Gasteiger partial charge in [0, 0.05) is 12.0 Å². The smallest absolute Gasteiger partial charge is 0.322 e. The van der Waals surface area contributed by atoms with Gasteiger partial charge in [0.25, 0.3) is 0 Å². The fourth-order valence-corrected chi connectivity index (χ4v) is 2.34. The standard InChI is InChI=1S/C13H18N2O3/c1-3-18-10-6-4-9(5-7-10)11-8(2)14-15-12(11)13(16)17/h4-8,11-12,14-15H,3H2,1-2H3,(H,16,17). The van der Waals surface area contributed by atoms with E-state index in [9.17, 15) is 9.90 Å². The molecular weight excluding hydrogens is 232 g/mol. The number of carboxylic acids is 1. The second kappa shape index (κ2) is 5.37. The third-order valence-corrected chi connectivity index (χ3v) is 3.21. The number of hydrogen-bond donors (Lipinski definition) is 3. The topological polar surface area (TPSA) is 70.6 Å². The summed E-state index contributed by atoms with van der Waals surface area (Å²) in [6.07, 6.45) is 0. The van der Waals surface area contributed by atoms with Crippen molar-refractivity contribution in [2.24, 2.45) is 0 Å². The van der Waals surface area contributed by atoms with Crippen LogP contribution in [0.25, 0.3) is 0 Å². The molecule has 98 valence electrons. The first-order valence-electron chi connectivity index (χ1n) is 6.10. The monoisotopic (exact) mass is 250 g/mol. The van der Waals surface area contributed by atoms with Gasteiger partial charge in [-0.3, -0.25) is 10.2 Å². The van der Waals surface area contributed by atoms with Gasteiger partial charge in [-0.2, -0.15) is 0 Å². The Balaban J connectivity index is 2.20. The Morgan fingerprint density at radius 1 is 1.33 bits per heavy atom. The lowest BCUT2D eigenvalue weighted by molar-refractivity contribution is -0.139. The van der Waals surface area contributed by atoms with Gasteiger partial charge in [0.1, 0.15) is 11.8 Å². The van der Waals surface area contributed by atoms with Crippen LogP contribution in [0, 0.1) is 0 Å². The van der Waals surface area contributed by atoms with Gasteiger partial charge in [0.2, 0.25) is 0 Å². The molecule has 1 heterocycles. The molecule has 5 nitrogen and oxygen atoms in total. The first kappa shape index (κ1) is 12.9. The minimum absolute atomic E-state index is 0.0732. The molecule has 1 aromatic rings. The number of nitrogens with one attached hydrogen (secondary N) is 2. The number of hydrogen-bond acceptors (Lipinski definition) is 4. The summed E-state index contributed by atoms with van der Waals surface area (Å²) in [7, 11) is 0. The molecule has 0 bridgehead atoms. The molecule has 0 spiro atoms. The molecule has 1 aliphatic rings. The molecule has 3 atom stereocenters. The average molecular weight is 250 g/mol. The van der Waals surface area contributed by atoms with Gasteiger partial charge < -0.3 is 9.84 Å². The minimum Gasteiger partial charge on any atom is -0.494 e. The van der Waals surface area contributed by atoms with Crippen molar-refractivity contribution in [2.45, 2.75) is 31.8 Å². The van der Waals surface area contributed by atoms with Gasteiger partial charge in [0.15, 0.2) is 0 Å². The molecule has 0 saturated carbocycles. The first-order valence-corrected chi connectivity index (χ1v) is 6.10. The summed E-state index contributed by atoms with van der Waals surface area (Å²) in [4.78, 5) is 11.2. The van der Waals surface area contributed by atoms with Gasteiger partial charge >= 0.3 is 5.97 Å². The lowest BCUT2D eigenvalue weighted by atomic mass is 9.88. The van der Waals surface area contributed by atoms with Gasteiger partial charge in [-0.05, 0) is 31.5 Å². The van der Waals surface area contributed by atoms with E-state index in [1.54, 1.807) is 0 Å². The highest BCUT2D eigenvalue weighted by Crippen LogP contribution is 2.28. The maximum atomic E-state index is 11.2. The van der Waals surface area contributed by atoms with Crippen molar-refractivity contribution >= 4 is 5.97 Å². The lowest BCUT2D eigenvalue weighted by Crippen LogP contribution is -2.38. The van der Waals surface area contributed by atoms with E-state index in [4.69, 9.17) is 4.74 Å². The molecule has 2 rings (SSSR count). The molecule has 1 fully saturated rings. The molecule has 3 unspecified atom stereocenters. The van der Waals surface area contributed by atoms with Crippen LogP contribution in [0.15, 0.2) is 24.3 Å². The van der Waals surface area contributed by atoms with Crippen LogP contribution >= 0.6 is 0 Å². The van der Waals surface area contributed by atoms with Crippen LogP contribution < -0.4 is 15.6 Å². The maximum absolute atomic E-state index is 11.2. The van der Waals surface area contributed by atoms with Crippen LogP contribution in [-0.2, 0) is 4.79 Å². The van der Waals surface area contributed by atoms with Crippen molar-refractivity contribution in [3.05, 3.63) is 29.8 Å². The molecule has 0 aromatic heterocycles. The van der Waals surface area contributed by atoms with E-state index in [2.05, 4.69) is 10.9 Å². The number of hydrazine groups is 1. The van der Waals surface area contributed by atoms with Crippen LogP contribution in [0.3, 0.4) is 0 Å². The van der Waals surface area contributed by atoms with E-state index < -0.39 is 12.0 Å². The Labute approximate surface area is 106 Å². The third kappa shape index (κ3) is 2.47. The molecule has 1 aliphatic heterocycles. The van der Waals surface area contributed by atoms with Crippen molar-refractivity contribution in [3.8, 4) is 5.75 Å². The Morgan fingerprint density at radius 3 is 2.56 bits per heavy atom. The lowest BCUT2D eigenvalue weighted by Gasteiger charge is -2.18. The maximum Gasteiger partial charge on any atom is 0.322 e. The Kier molecular flexibility index (Phi) is 3.84. The molecule has 0 radical (unpaired) electrons. The molecule has 0 amide bonds. The number of carbonyl (C=O) groups is 1. The van der Waals surface area contributed by atoms with Crippen molar-refractivity contribution in [1.82, 2.24) is 10.9 Å². The highest BCUT2D eigenvalue weighted by atomic mass is 16.5. The summed E-state index contributed by atoms with van der Waals surface area (Å²) >= 11 is 0. The van der Waals surface area contributed by atoms with E-state index in [-0.39, 0.29) is 12.0 Å². The van der Waals surface area contributed by atoms with Crippen LogP contribution in [0.4, 0.5) is 0 Å². The van der Waals surface area contributed by atoms with Crippen molar-refractivity contribution in [2.75, 3.05) is 6.61 Å². The van der Waals surface area contributed by atoms with Crippen LogP contribution in [-0.4, -0.2) is 29.8 Å². The number of ether oxygens (including phenoxy) is 1. The first-order chi connectivity index (χ1) is 8.63. The Hall–Kier alpha value is -1.59. The summed E-state index contributed by atoms with van der Waals surface area (Å²) < 4.78 is 5.38. The van der Waals surface area contributed by atoms with Crippen molar-refractivity contribution < 1.29 is 14.6 Å². The highest BCUT2D eigenvalue weighted by Gasteiger charge is 2.38. The zero-order valence-corrected chi connectivity index (χ0v) is 10.5. The summed E-state index contributed by atoms with van der Waals surface area (Å²) in [6, 6.07) is 7.08. The summed E-state index contributed by atoms with van der Waals surface area (Å²) in [5, 5.41) is 9.17. The van der Waals surface area contributed by atoms with Gasteiger partial charge in [-0.1, -0.05) is 12.1 Å². The Morgan fingerprint density at radius 2 is 2.00 bits per heavy atom. The summed E-state index contributed by atoms with van der Waals surface area (Å²) in [5.41, 5.74) is 6.79. The molecule has 5 heteroatoms. The van der Waals surface area contributed by atoms with Crippen LogP contribution in [0.5, 0.6) is 5.75 Å². The second-order valence-corrected chi connectivity index (χ2v) is 4.42. The molecule has 1 aromatic carbocycles. The van der Waals surface area contributed by atoms with E-state index in [0.29, 0.717) is 6.61 Å². The van der Waals surface area contributed by atoms with E-state index in [1.807, 2.05) is 38.1 Å². The number of aliphatic carboxylic acids is 1. The van der Waals surface area contributed by atoms with E-state index in [1.165, 1.54) is 0 Å². The Bertz CT molecular complexity index is 419. The van der Waals surface area contributed by atoms with Gasteiger partial charge in [-0.25, -0.2) is 5.43 Å². The summed E-state index contributed by atoms with van der Waals surface area (Å²) in [5.74, 6) is -0.122. The van der Waals surface area contributed by atoms with Crippen LogP contribution in [0.2, 0.25) is 0 Å². The number of rotatable bonds is 4. The van der Waals surface area contributed by atoms with E-state index >= 15 is 0 Å². The molecule has 0 aliphatic carbocycles. The second-order valence-electron chi connectivity index (χ2n) is 4.42. The fourth-order valence-electron chi connectivity index (χ4n) is 2.34. The zero-order valence-electron chi connectivity index (χ0n) is 10.5. The van der Waals surface area contributed by atoms with Crippen molar-refractivity contribution in [3.63, 3.8) is 0 Å². The predicted octanol–water partition coefficient (Wildman–Crippen LogP) is 1.12. The summed E-state index contributed by atoms with van der Waals surface area (Å²) in [6.45, 7) is 4.53. The largest absolute Gasteiger partial charge is 0.494 e. The number of carboxylic acid groups (broad SMARTS) is 1. The predicted molar refractivity (Wildman–Crippen MR) is 67.5 cm³/mol. The average Bonchev–Trinajstić information content (AvgIpc) is 2.73. The quantitative estimate of drug-likeness (QED) is 0.747. The molecule has 1 saturated heterocycles.